The first-order valence-electron chi connectivity index (χ1n) is 7.64. The summed E-state index contributed by atoms with van der Waals surface area (Å²) >= 11 is 0. The Morgan fingerprint density at radius 3 is 3.00 bits per heavy atom. The molecule has 0 aliphatic rings. The molecule has 0 radical (unpaired) electrons. The highest BCUT2D eigenvalue weighted by Crippen LogP contribution is 2.16. The maximum atomic E-state index is 12.0. The summed E-state index contributed by atoms with van der Waals surface area (Å²) in [5.74, 6) is 1.57. The number of aryl methyl sites for hydroxylation is 1. The highest BCUT2D eigenvalue weighted by molar-refractivity contribution is 5.89. The minimum atomic E-state index is -0.265. The number of rotatable bonds is 5. The van der Waals surface area contributed by atoms with E-state index in [-0.39, 0.29) is 6.03 Å². The van der Waals surface area contributed by atoms with Gasteiger partial charge in [0.15, 0.2) is 5.65 Å². The molecule has 24 heavy (non-hydrogen) atoms. The minimum Gasteiger partial charge on any atom is -0.497 e. The molecule has 0 saturated carbocycles. The molecule has 2 amide bonds. The monoisotopic (exact) mass is 325 g/mol. The minimum absolute atomic E-state index is 0.265. The van der Waals surface area contributed by atoms with Crippen LogP contribution in [0.1, 0.15) is 5.82 Å². The average Bonchev–Trinajstić information content (AvgIpc) is 2.91. The van der Waals surface area contributed by atoms with E-state index in [1.165, 1.54) is 0 Å². The fourth-order valence-electron chi connectivity index (χ4n) is 2.50. The maximum absolute atomic E-state index is 12.0. The predicted octanol–water partition coefficient (Wildman–Crippen LogP) is 2.57. The normalized spacial score (nSPS) is 10.6. The van der Waals surface area contributed by atoms with Crippen LogP contribution in [0.5, 0.6) is 5.75 Å². The van der Waals surface area contributed by atoms with Crippen molar-refractivity contribution in [3.63, 3.8) is 0 Å². The summed E-state index contributed by atoms with van der Waals surface area (Å²) in [7, 11) is 1.59. The number of anilines is 1. The van der Waals surface area contributed by atoms with Crippen LogP contribution in [-0.4, -0.2) is 34.2 Å². The van der Waals surface area contributed by atoms with Gasteiger partial charge in [-0.1, -0.05) is 6.07 Å². The molecule has 124 valence electrons. The number of methoxy groups -OCH3 is 1. The van der Waals surface area contributed by atoms with Crippen molar-refractivity contribution >= 4 is 22.9 Å². The van der Waals surface area contributed by atoms with Crippen molar-refractivity contribution in [2.24, 2.45) is 0 Å². The summed E-state index contributed by atoms with van der Waals surface area (Å²) in [6.45, 7) is 3.00. The molecule has 3 aromatic rings. The van der Waals surface area contributed by atoms with E-state index in [9.17, 15) is 4.79 Å². The van der Waals surface area contributed by atoms with Crippen LogP contribution in [0.15, 0.2) is 42.6 Å². The third-order valence-electron chi connectivity index (χ3n) is 3.64. The predicted molar refractivity (Wildman–Crippen MR) is 92.3 cm³/mol. The molecule has 2 aromatic heterocycles. The van der Waals surface area contributed by atoms with Gasteiger partial charge in [-0.25, -0.2) is 14.8 Å². The zero-order valence-corrected chi connectivity index (χ0v) is 13.6. The molecule has 3 rings (SSSR count). The Bertz CT molecular complexity index is 859. The number of carbonyl (C=O) groups is 1. The number of urea groups is 1. The zero-order valence-electron chi connectivity index (χ0n) is 13.6. The number of nitrogens with zero attached hydrogens (tertiary/aromatic N) is 3. The lowest BCUT2D eigenvalue weighted by atomic mass is 10.3. The van der Waals surface area contributed by atoms with Gasteiger partial charge in [-0.3, -0.25) is 0 Å². The number of hydrogen-bond acceptors (Lipinski definition) is 4. The van der Waals surface area contributed by atoms with Gasteiger partial charge in [-0.15, -0.1) is 0 Å². The van der Waals surface area contributed by atoms with E-state index in [0.717, 1.165) is 17.0 Å². The second kappa shape index (κ2) is 6.99. The first-order chi connectivity index (χ1) is 11.7. The SMILES string of the molecule is COc1cccc(NC(=O)NCCn2c(C)nc3cccnc32)c1. The summed E-state index contributed by atoms with van der Waals surface area (Å²) in [6.07, 6.45) is 1.74. The van der Waals surface area contributed by atoms with E-state index in [2.05, 4.69) is 20.6 Å². The fourth-order valence-corrected chi connectivity index (χ4v) is 2.50. The smallest absolute Gasteiger partial charge is 0.319 e. The second-order valence-corrected chi connectivity index (χ2v) is 5.27. The summed E-state index contributed by atoms with van der Waals surface area (Å²) in [4.78, 5) is 20.8. The van der Waals surface area contributed by atoms with Crippen LogP contribution < -0.4 is 15.4 Å². The molecule has 0 spiro atoms. The van der Waals surface area contributed by atoms with E-state index < -0.39 is 0 Å². The van der Waals surface area contributed by atoms with Crippen molar-refractivity contribution in [3.05, 3.63) is 48.4 Å². The molecule has 0 fully saturated rings. The molecule has 0 bridgehead atoms. The maximum Gasteiger partial charge on any atom is 0.319 e. The van der Waals surface area contributed by atoms with Crippen molar-refractivity contribution in [1.29, 1.82) is 0 Å². The highest BCUT2D eigenvalue weighted by Gasteiger charge is 2.08. The number of fused-ring (bicyclic) bond motifs is 1. The van der Waals surface area contributed by atoms with E-state index in [4.69, 9.17) is 4.74 Å². The van der Waals surface area contributed by atoms with Crippen LogP contribution >= 0.6 is 0 Å². The van der Waals surface area contributed by atoms with Gasteiger partial charge < -0.3 is 19.9 Å². The highest BCUT2D eigenvalue weighted by atomic mass is 16.5. The van der Waals surface area contributed by atoms with Crippen LogP contribution in [0.25, 0.3) is 11.2 Å². The van der Waals surface area contributed by atoms with Crippen LogP contribution in [0.4, 0.5) is 10.5 Å². The van der Waals surface area contributed by atoms with Gasteiger partial charge in [-0.05, 0) is 31.2 Å². The van der Waals surface area contributed by atoms with Crippen LogP contribution in [0.2, 0.25) is 0 Å². The Morgan fingerprint density at radius 1 is 1.29 bits per heavy atom. The molecule has 0 aliphatic heterocycles. The van der Waals surface area contributed by atoms with E-state index >= 15 is 0 Å². The van der Waals surface area contributed by atoms with Gasteiger partial charge in [0.05, 0.1) is 7.11 Å². The number of pyridine rings is 1. The number of carbonyl (C=O) groups excluding carboxylic acids is 1. The van der Waals surface area contributed by atoms with Gasteiger partial charge in [0.1, 0.15) is 17.1 Å². The molecule has 0 saturated heterocycles. The van der Waals surface area contributed by atoms with Crippen molar-refractivity contribution in [3.8, 4) is 5.75 Å². The quantitative estimate of drug-likeness (QED) is 0.755. The van der Waals surface area contributed by atoms with Crippen LogP contribution in [-0.2, 0) is 6.54 Å². The standard InChI is InChI=1S/C17H19N5O2/c1-12-20-15-7-4-8-18-16(15)22(12)10-9-19-17(23)21-13-5-3-6-14(11-13)24-2/h3-8,11H,9-10H2,1-2H3,(H2,19,21,23). The Kier molecular flexibility index (Phi) is 4.60. The Labute approximate surface area is 139 Å². The van der Waals surface area contributed by atoms with Gasteiger partial charge in [0, 0.05) is 31.0 Å². The fraction of sp³-hybridized carbons (Fsp3) is 0.235. The van der Waals surface area contributed by atoms with Crippen molar-refractivity contribution < 1.29 is 9.53 Å². The van der Waals surface area contributed by atoms with Crippen LogP contribution in [0.3, 0.4) is 0 Å². The second-order valence-electron chi connectivity index (χ2n) is 5.27. The van der Waals surface area contributed by atoms with Gasteiger partial charge in [-0.2, -0.15) is 0 Å². The number of hydrogen-bond donors (Lipinski definition) is 2. The van der Waals surface area contributed by atoms with E-state index in [1.807, 2.05) is 35.8 Å². The van der Waals surface area contributed by atoms with Crippen molar-refractivity contribution in [2.45, 2.75) is 13.5 Å². The average molecular weight is 325 g/mol. The topological polar surface area (TPSA) is 81.1 Å². The van der Waals surface area contributed by atoms with E-state index in [1.54, 1.807) is 25.4 Å². The molecule has 2 N–H and O–H groups in total. The Morgan fingerprint density at radius 2 is 2.17 bits per heavy atom. The molecule has 1 aromatic carbocycles. The van der Waals surface area contributed by atoms with Gasteiger partial charge in [0.2, 0.25) is 0 Å². The van der Waals surface area contributed by atoms with Gasteiger partial charge in [0.25, 0.3) is 0 Å². The Balaban J connectivity index is 1.57. The molecule has 7 nitrogen and oxygen atoms in total. The Hall–Kier alpha value is -3.09. The zero-order chi connectivity index (χ0) is 16.9. The first kappa shape index (κ1) is 15.8. The summed E-state index contributed by atoms with van der Waals surface area (Å²) in [6, 6.07) is 10.7. The lowest BCUT2D eigenvalue weighted by Gasteiger charge is -2.10. The number of nitrogens with one attached hydrogen (secondary N) is 2. The van der Waals surface area contributed by atoms with Crippen molar-refractivity contribution in [1.82, 2.24) is 19.9 Å². The number of amides is 2. The lowest BCUT2D eigenvalue weighted by molar-refractivity contribution is 0.251. The number of benzene rings is 1. The van der Waals surface area contributed by atoms with Crippen molar-refractivity contribution in [2.75, 3.05) is 19.0 Å². The molecular weight excluding hydrogens is 306 g/mol. The number of imidazole rings is 1. The third-order valence-corrected chi connectivity index (χ3v) is 3.64. The molecule has 2 heterocycles. The summed E-state index contributed by atoms with van der Waals surface area (Å²) in [5, 5.41) is 5.61. The molecular formula is C17H19N5O2. The largest absolute Gasteiger partial charge is 0.497 e. The molecule has 7 heteroatoms. The number of aromatic nitrogens is 3. The molecule has 0 atom stereocenters. The lowest BCUT2D eigenvalue weighted by Crippen LogP contribution is -2.31. The summed E-state index contributed by atoms with van der Waals surface area (Å²) in [5.41, 5.74) is 2.36. The molecule has 0 unspecified atom stereocenters. The molecule has 0 aliphatic carbocycles. The van der Waals surface area contributed by atoms with Gasteiger partial charge >= 0.3 is 6.03 Å². The first-order valence-corrected chi connectivity index (χ1v) is 7.64. The van der Waals surface area contributed by atoms with E-state index in [0.29, 0.717) is 24.5 Å². The number of ether oxygens (including phenoxy) is 1. The van der Waals surface area contributed by atoms with Crippen LogP contribution in [0, 0.1) is 6.92 Å². The summed E-state index contributed by atoms with van der Waals surface area (Å²) < 4.78 is 7.12. The third kappa shape index (κ3) is 3.45.